The topological polar surface area (TPSA) is 25.8 Å². The Kier molecular flexibility index (Phi) is 7.96. The highest BCUT2D eigenvalue weighted by Crippen LogP contribution is 2.55. The van der Waals surface area contributed by atoms with Crippen molar-refractivity contribution in [2.75, 3.05) is 0 Å². The lowest BCUT2D eigenvalue weighted by atomic mass is 9.80. The van der Waals surface area contributed by atoms with Crippen LogP contribution in [-0.2, 0) is 10.8 Å². The normalized spacial score (nSPS) is 14.1. The van der Waals surface area contributed by atoms with Gasteiger partial charge in [-0.3, -0.25) is 0 Å². The second-order valence-corrected chi connectivity index (χ2v) is 18.1. The van der Waals surface area contributed by atoms with Gasteiger partial charge in [-0.05, 0) is 107 Å². The minimum Gasteiger partial charge on any atom is -0.228 e. The van der Waals surface area contributed by atoms with Crippen LogP contribution in [0.15, 0.2) is 194 Å². The van der Waals surface area contributed by atoms with E-state index in [1.165, 1.54) is 82.9 Å². The van der Waals surface area contributed by atoms with Crippen LogP contribution in [0.3, 0.4) is 0 Å². The van der Waals surface area contributed by atoms with E-state index < -0.39 is 0 Å². The number of fused-ring (bicyclic) bond motifs is 8. The maximum Gasteiger partial charge on any atom is 0.160 e. The molecule has 2 aliphatic rings. The Hall–Kier alpha value is -7.42. The van der Waals surface area contributed by atoms with Crippen molar-refractivity contribution < 1.29 is 0 Å². The molecule has 0 amide bonds. The molecule has 0 radical (unpaired) electrons. The van der Waals surface area contributed by atoms with Crippen molar-refractivity contribution >= 4 is 21.5 Å². The lowest BCUT2D eigenvalue weighted by Gasteiger charge is -2.23. The number of aromatic nitrogens is 2. The summed E-state index contributed by atoms with van der Waals surface area (Å²) < 4.78 is 0. The summed E-state index contributed by atoms with van der Waals surface area (Å²) in [5, 5.41) is 4.74. The molecule has 62 heavy (non-hydrogen) atoms. The van der Waals surface area contributed by atoms with Gasteiger partial charge in [0.05, 0.1) is 11.4 Å². The first-order chi connectivity index (χ1) is 30.3. The van der Waals surface area contributed by atoms with Gasteiger partial charge in [-0.15, -0.1) is 0 Å². The van der Waals surface area contributed by atoms with E-state index in [9.17, 15) is 0 Å². The van der Waals surface area contributed by atoms with Gasteiger partial charge in [-0.1, -0.05) is 204 Å². The Morgan fingerprint density at radius 2 is 0.806 bits per heavy atom. The molecule has 9 aromatic carbocycles. The molecule has 294 valence electrons. The predicted molar refractivity (Wildman–Crippen MR) is 259 cm³/mol. The number of benzene rings is 9. The second kappa shape index (κ2) is 13.5. The predicted octanol–water partition coefficient (Wildman–Crippen LogP) is 15.7. The van der Waals surface area contributed by atoms with E-state index in [-0.39, 0.29) is 10.8 Å². The molecule has 0 saturated heterocycles. The summed E-state index contributed by atoms with van der Waals surface area (Å²) in [5.74, 6) is 0.710. The molecule has 0 unspecified atom stereocenters. The van der Waals surface area contributed by atoms with Gasteiger partial charge >= 0.3 is 0 Å². The zero-order valence-corrected chi connectivity index (χ0v) is 35.4. The fourth-order valence-electron chi connectivity index (χ4n) is 10.8. The Bertz CT molecular complexity index is 3390. The Labute approximate surface area is 363 Å². The highest BCUT2D eigenvalue weighted by molar-refractivity contribution is 6.23. The Balaban J connectivity index is 1.18. The van der Waals surface area contributed by atoms with Crippen LogP contribution < -0.4 is 0 Å². The minimum absolute atomic E-state index is 0.0992. The number of nitrogens with zero attached hydrogens (tertiary/aromatic N) is 2. The van der Waals surface area contributed by atoms with Gasteiger partial charge in [0.25, 0.3) is 0 Å². The average Bonchev–Trinajstić information content (AvgIpc) is 3.70. The molecule has 12 rings (SSSR count). The Morgan fingerprint density at radius 3 is 1.56 bits per heavy atom. The van der Waals surface area contributed by atoms with Gasteiger partial charge in [-0.25, -0.2) is 9.97 Å². The van der Waals surface area contributed by atoms with Crippen LogP contribution in [0.4, 0.5) is 0 Å². The molecule has 1 heterocycles. The molecule has 10 aromatic rings. The molecule has 1 aromatic heterocycles. The molecule has 2 heteroatoms. The highest BCUT2D eigenvalue weighted by atomic mass is 14.9. The van der Waals surface area contributed by atoms with E-state index in [0.29, 0.717) is 5.82 Å². The fourth-order valence-corrected chi connectivity index (χ4v) is 10.8. The van der Waals surface area contributed by atoms with Gasteiger partial charge in [0.1, 0.15) is 0 Å². The quantitative estimate of drug-likeness (QED) is 0.162. The van der Waals surface area contributed by atoms with Crippen LogP contribution in [0.2, 0.25) is 0 Å². The number of hydrogen-bond acceptors (Lipinski definition) is 2. The smallest absolute Gasteiger partial charge is 0.160 e. The van der Waals surface area contributed by atoms with E-state index in [2.05, 4.69) is 216 Å². The fraction of sp³-hybridized carbons (Fsp3) is 0.100. The van der Waals surface area contributed by atoms with E-state index in [0.717, 1.165) is 33.5 Å². The maximum atomic E-state index is 5.45. The van der Waals surface area contributed by atoms with E-state index >= 15 is 0 Å². The summed E-state index contributed by atoms with van der Waals surface area (Å²) in [6.45, 7) is 9.47. The molecule has 0 bridgehead atoms. The monoisotopic (exact) mass is 792 g/mol. The summed E-state index contributed by atoms with van der Waals surface area (Å²) in [7, 11) is 0. The van der Waals surface area contributed by atoms with Crippen molar-refractivity contribution in [3.8, 4) is 78.4 Å². The van der Waals surface area contributed by atoms with Gasteiger partial charge in [0, 0.05) is 27.5 Å². The second-order valence-electron chi connectivity index (χ2n) is 18.1. The third-order valence-corrected chi connectivity index (χ3v) is 13.9. The molecular formula is C60H44N2. The van der Waals surface area contributed by atoms with Crippen LogP contribution in [0, 0.1) is 0 Å². The van der Waals surface area contributed by atoms with Crippen molar-refractivity contribution in [1.82, 2.24) is 9.97 Å². The summed E-state index contributed by atoms with van der Waals surface area (Å²) in [6, 6.07) is 71.1. The first kappa shape index (κ1) is 36.4. The molecule has 0 saturated carbocycles. The highest BCUT2D eigenvalue weighted by Gasteiger charge is 2.38. The molecule has 2 aliphatic carbocycles. The molecule has 0 aliphatic heterocycles. The summed E-state index contributed by atoms with van der Waals surface area (Å²) in [5.41, 5.74) is 20.5. The van der Waals surface area contributed by atoms with Crippen molar-refractivity contribution in [1.29, 1.82) is 0 Å². The van der Waals surface area contributed by atoms with Crippen molar-refractivity contribution in [2.45, 2.75) is 38.5 Å². The van der Waals surface area contributed by atoms with Crippen molar-refractivity contribution in [2.24, 2.45) is 0 Å². The summed E-state index contributed by atoms with van der Waals surface area (Å²) in [4.78, 5) is 10.6. The number of rotatable bonds is 5. The SMILES string of the molecule is CC1(C)c2ccccc2-c2ccc(-c3ccc4c(-c5cc(-c6ccccc6)nc(-c6ccccc6)n5)c5ccccc5c(-c5cccc6c5-c5ccccc5C6(C)C)c4c3)cc21. The van der Waals surface area contributed by atoms with E-state index in [1.807, 2.05) is 6.07 Å². The largest absolute Gasteiger partial charge is 0.228 e. The van der Waals surface area contributed by atoms with Gasteiger partial charge < -0.3 is 0 Å². The molecule has 0 fully saturated rings. The molecule has 0 N–H and O–H groups in total. The minimum atomic E-state index is -0.129. The third kappa shape index (κ3) is 5.36. The van der Waals surface area contributed by atoms with Crippen LogP contribution in [0.5, 0.6) is 0 Å². The zero-order chi connectivity index (χ0) is 41.7. The lowest BCUT2D eigenvalue weighted by molar-refractivity contribution is 0.660. The first-order valence-electron chi connectivity index (χ1n) is 21.7. The van der Waals surface area contributed by atoms with Gasteiger partial charge in [0.2, 0.25) is 0 Å². The van der Waals surface area contributed by atoms with Gasteiger partial charge in [0.15, 0.2) is 5.82 Å². The maximum absolute atomic E-state index is 5.45. The van der Waals surface area contributed by atoms with Gasteiger partial charge in [-0.2, -0.15) is 0 Å². The van der Waals surface area contributed by atoms with E-state index in [1.54, 1.807) is 0 Å². The number of hydrogen-bond donors (Lipinski definition) is 0. The molecule has 0 atom stereocenters. The van der Waals surface area contributed by atoms with E-state index in [4.69, 9.17) is 9.97 Å². The standard InChI is InChI=1S/C60H44N2/c1-59(2)50-28-16-14-25-46(50)56-47(26-17-29-51(56)59)55-43-23-11-12-24-44(43)57(54-36-53(37-18-7-5-8-19-37)61-58(62-54)38-20-9-6-10-21-38)45-33-31-39(34-48(45)55)40-30-32-42-41-22-13-15-27-49(41)60(3,4)52(42)35-40/h5-36H,1-4H3. The zero-order valence-electron chi connectivity index (χ0n) is 35.4. The van der Waals surface area contributed by atoms with Crippen LogP contribution in [0.25, 0.3) is 100.0 Å². The lowest BCUT2D eigenvalue weighted by Crippen LogP contribution is -2.14. The van der Waals surface area contributed by atoms with Crippen LogP contribution in [-0.4, -0.2) is 9.97 Å². The summed E-state index contributed by atoms with van der Waals surface area (Å²) >= 11 is 0. The molecule has 0 spiro atoms. The first-order valence-corrected chi connectivity index (χ1v) is 21.7. The Morgan fingerprint density at radius 1 is 0.290 bits per heavy atom. The van der Waals surface area contributed by atoms with Crippen LogP contribution >= 0.6 is 0 Å². The molecule has 2 nitrogen and oxygen atoms in total. The van der Waals surface area contributed by atoms with Crippen molar-refractivity contribution in [3.63, 3.8) is 0 Å². The van der Waals surface area contributed by atoms with Crippen molar-refractivity contribution in [3.05, 3.63) is 216 Å². The third-order valence-electron chi connectivity index (χ3n) is 13.9. The summed E-state index contributed by atoms with van der Waals surface area (Å²) in [6.07, 6.45) is 0. The average molecular weight is 793 g/mol. The van der Waals surface area contributed by atoms with Crippen LogP contribution in [0.1, 0.15) is 49.9 Å². The molecular weight excluding hydrogens is 749 g/mol.